The number of benzene rings is 1. The Kier molecular flexibility index (Phi) is 6.57. The summed E-state index contributed by atoms with van der Waals surface area (Å²) in [6, 6.07) is 6.81. The number of piperazine rings is 1. The van der Waals surface area contributed by atoms with Gasteiger partial charge in [-0.2, -0.15) is 0 Å². The fourth-order valence-electron chi connectivity index (χ4n) is 2.36. The highest BCUT2D eigenvalue weighted by Crippen LogP contribution is 2.24. The predicted molar refractivity (Wildman–Crippen MR) is 72.5 cm³/mol. The van der Waals surface area contributed by atoms with Gasteiger partial charge in [0.05, 0.1) is 0 Å². The van der Waals surface area contributed by atoms with Crippen LogP contribution in [0.1, 0.15) is 18.0 Å². The third-order valence-corrected chi connectivity index (χ3v) is 3.25. The molecule has 5 heteroatoms. The minimum absolute atomic E-state index is 0. The van der Waals surface area contributed by atoms with Crippen molar-refractivity contribution in [3.05, 3.63) is 35.6 Å². The topological polar surface area (TPSA) is 35.5 Å². The van der Waals surface area contributed by atoms with Gasteiger partial charge in [-0.1, -0.05) is 12.1 Å². The highest BCUT2D eigenvalue weighted by atomic mass is 35.5. The van der Waals surface area contributed by atoms with E-state index < -0.39 is 0 Å². The Bertz CT molecular complexity index is 341. The van der Waals surface area contributed by atoms with Gasteiger partial charge in [0.1, 0.15) is 5.82 Å². The maximum atomic E-state index is 12.9. The van der Waals surface area contributed by atoms with Crippen LogP contribution < -0.4 is 5.32 Å². The molecule has 2 rings (SSSR count). The lowest BCUT2D eigenvalue weighted by atomic mass is 10.0. The lowest BCUT2D eigenvalue weighted by molar-refractivity contribution is 0.141. The maximum Gasteiger partial charge on any atom is 0.123 e. The van der Waals surface area contributed by atoms with Gasteiger partial charge in [0, 0.05) is 38.8 Å². The van der Waals surface area contributed by atoms with Gasteiger partial charge in [0.25, 0.3) is 0 Å². The molecule has 0 aliphatic carbocycles. The van der Waals surface area contributed by atoms with Crippen LogP contribution in [0.25, 0.3) is 0 Å². The number of hydrogen-bond donors (Lipinski definition) is 2. The molecule has 3 nitrogen and oxygen atoms in total. The normalized spacial score (nSPS) is 18.1. The second-order valence-electron chi connectivity index (χ2n) is 4.37. The zero-order valence-corrected chi connectivity index (χ0v) is 11.1. The van der Waals surface area contributed by atoms with Crippen LogP contribution in [0.4, 0.5) is 4.39 Å². The van der Waals surface area contributed by atoms with E-state index in [0.29, 0.717) is 6.42 Å². The van der Waals surface area contributed by atoms with Gasteiger partial charge in [-0.15, -0.1) is 12.4 Å². The summed E-state index contributed by atoms with van der Waals surface area (Å²) in [5.74, 6) is -0.211. The average Bonchev–Trinajstić information content (AvgIpc) is 2.38. The number of rotatable bonds is 4. The van der Waals surface area contributed by atoms with E-state index in [1.165, 1.54) is 12.1 Å². The Balaban J connectivity index is 0.00000162. The molecule has 0 saturated carbocycles. The molecular weight excluding hydrogens is 255 g/mol. The van der Waals surface area contributed by atoms with Crippen molar-refractivity contribution in [2.24, 2.45) is 0 Å². The van der Waals surface area contributed by atoms with Crippen molar-refractivity contribution in [3.63, 3.8) is 0 Å². The first-order valence-corrected chi connectivity index (χ1v) is 6.12. The fourth-order valence-corrected chi connectivity index (χ4v) is 2.36. The van der Waals surface area contributed by atoms with Crippen molar-refractivity contribution in [2.45, 2.75) is 12.5 Å². The summed E-state index contributed by atoms with van der Waals surface area (Å²) >= 11 is 0. The maximum absolute atomic E-state index is 12.9. The third-order valence-electron chi connectivity index (χ3n) is 3.25. The van der Waals surface area contributed by atoms with E-state index in [1.54, 1.807) is 0 Å². The molecule has 0 unspecified atom stereocenters. The summed E-state index contributed by atoms with van der Waals surface area (Å²) in [6.07, 6.45) is 0.700. The van der Waals surface area contributed by atoms with Gasteiger partial charge in [-0.05, 0) is 24.1 Å². The predicted octanol–water partition coefficient (Wildman–Crippen LogP) is 1.58. The first-order chi connectivity index (χ1) is 8.31. The van der Waals surface area contributed by atoms with Gasteiger partial charge >= 0.3 is 0 Å². The van der Waals surface area contributed by atoms with Crippen LogP contribution in [0.2, 0.25) is 0 Å². The van der Waals surface area contributed by atoms with Crippen LogP contribution in [0.5, 0.6) is 0 Å². The van der Waals surface area contributed by atoms with Crippen molar-refractivity contribution in [3.8, 4) is 0 Å². The molecule has 2 N–H and O–H groups in total. The summed E-state index contributed by atoms with van der Waals surface area (Å²) in [6.45, 7) is 4.06. The molecule has 0 bridgehead atoms. The van der Waals surface area contributed by atoms with Crippen molar-refractivity contribution >= 4 is 12.4 Å². The number of nitrogens with one attached hydrogen (secondary N) is 1. The van der Waals surface area contributed by atoms with Gasteiger partial charge in [-0.3, -0.25) is 4.90 Å². The fraction of sp³-hybridized carbons (Fsp3) is 0.538. The van der Waals surface area contributed by atoms with Crippen LogP contribution in [-0.4, -0.2) is 42.8 Å². The van der Waals surface area contributed by atoms with E-state index in [-0.39, 0.29) is 30.9 Å². The average molecular weight is 275 g/mol. The minimum Gasteiger partial charge on any atom is -0.396 e. The SMILES string of the molecule is Cl.OCC[C@H](c1ccc(F)cc1)N1CCNCC1. The monoisotopic (exact) mass is 274 g/mol. The quantitative estimate of drug-likeness (QED) is 0.875. The molecule has 1 atom stereocenters. The molecule has 1 aliphatic heterocycles. The van der Waals surface area contributed by atoms with E-state index in [9.17, 15) is 4.39 Å². The van der Waals surface area contributed by atoms with Gasteiger partial charge in [-0.25, -0.2) is 4.39 Å². The molecule has 0 amide bonds. The molecular formula is C13H20ClFN2O. The highest BCUT2D eigenvalue weighted by molar-refractivity contribution is 5.85. The van der Waals surface area contributed by atoms with E-state index in [1.807, 2.05) is 12.1 Å². The summed E-state index contributed by atoms with van der Waals surface area (Å²) in [7, 11) is 0. The number of halogens is 2. The number of hydrogen-bond acceptors (Lipinski definition) is 3. The Hall–Kier alpha value is -0.680. The lowest BCUT2D eigenvalue weighted by Gasteiger charge is -2.35. The van der Waals surface area contributed by atoms with Crippen LogP contribution in [0.3, 0.4) is 0 Å². The molecule has 0 radical (unpaired) electrons. The second-order valence-corrected chi connectivity index (χ2v) is 4.37. The summed E-state index contributed by atoms with van der Waals surface area (Å²) < 4.78 is 12.9. The molecule has 0 aromatic heterocycles. The zero-order chi connectivity index (χ0) is 12.1. The van der Waals surface area contributed by atoms with Gasteiger partial charge in [0.15, 0.2) is 0 Å². The summed E-state index contributed by atoms with van der Waals surface area (Å²) in [5, 5.41) is 12.5. The van der Waals surface area contributed by atoms with E-state index in [2.05, 4.69) is 10.2 Å². The van der Waals surface area contributed by atoms with E-state index >= 15 is 0 Å². The lowest BCUT2D eigenvalue weighted by Crippen LogP contribution is -2.45. The third kappa shape index (κ3) is 3.92. The largest absolute Gasteiger partial charge is 0.396 e. The van der Waals surface area contributed by atoms with Crippen molar-refractivity contribution in [1.82, 2.24) is 10.2 Å². The number of aliphatic hydroxyl groups excluding tert-OH is 1. The van der Waals surface area contributed by atoms with Crippen LogP contribution in [0.15, 0.2) is 24.3 Å². The van der Waals surface area contributed by atoms with E-state index in [4.69, 9.17) is 5.11 Å². The summed E-state index contributed by atoms with van der Waals surface area (Å²) in [4.78, 5) is 2.35. The molecule has 102 valence electrons. The molecule has 1 fully saturated rings. The number of aliphatic hydroxyl groups is 1. The van der Waals surface area contributed by atoms with Crippen molar-refractivity contribution in [2.75, 3.05) is 32.8 Å². The molecule has 1 aliphatic rings. The Morgan fingerprint density at radius 3 is 2.39 bits per heavy atom. The van der Waals surface area contributed by atoms with Gasteiger partial charge in [0.2, 0.25) is 0 Å². The Labute approximate surface area is 113 Å². The van der Waals surface area contributed by atoms with Crippen molar-refractivity contribution < 1.29 is 9.50 Å². The number of nitrogens with zero attached hydrogens (tertiary/aromatic N) is 1. The van der Waals surface area contributed by atoms with Gasteiger partial charge < -0.3 is 10.4 Å². The highest BCUT2D eigenvalue weighted by Gasteiger charge is 2.21. The first-order valence-electron chi connectivity index (χ1n) is 6.12. The summed E-state index contributed by atoms with van der Waals surface area (Å²) in [5.41, 5.74) is 1.09. The Morgan fingerprint density at radius 2 is 1.83 bits per heavy atom. The van der Waals surface area contributed by atoms with Crippen LogP contribution in [0, 0.1) is 5.82 Å². The van der Waals surface area contributed by atoms with Crippen molar-refractivity contribution in [1.29, 1.82) is 0 Å². The minimum atomic E-state index is -0.211. The second kappa shape index (κ2) is 7.69. The molecule has 1 saturated heterocycles. The molecule has 18 heavy (non-hydrogen) atoms. The molecule has 1 heterocycles. The molecule has 1 aromatic rings. The molecule has 1 aromatic carbocycles. The van der Waals surface area contributed by atoms with Crippen LogP contribution in [-0.2, 0) is 0 Å². The zero-order valence-electron chi connectivity index (χ0n) is 10.3. The van der Waals surface area contributed by atoms with Crippen LogP contribution >= 0.6 is 12.4 Å². The van der Waals surface area contributed by atoms with E-state index in [0.717, 1.165) is 31.7 Å². The first kappa shape index (κ1) is 15.4. The standard InChI is InChI=1S/C13H19FN2O.ClH/c14-12-3-1-11(2-4-12)13(5-10-17)16-8-6-15-7-9-16;/h1-4,13,15,17H,5-10H2;1H/t13-;/m1./s1. The molecule has 0 spiro atoms. The Morgan fingerprint density at radius 1 is 1.22 bits per heavy atom. The smallest absolute Gasteiger partial charge is 0.123 e.